The zero-order valence-corrected chi connectivity index (χ0v) is 9.59. The maximum absolute atomic E-state index is 6.16. The van der Waals surface area contributed by atoms with E-state index in [9.17, 15) is 0 Å². The van der Waals surface area contributed by atoms with Gasteiger partial charge in [0.25, 0.3) is 0 Å². The summed E-state index contributed by atoms with van der Waals surface area (Å²) in [6.07, 6.45) is 6.40. The fraction of sp³-hybridized carbons (Fsp3) is 0.333. The number of aromatic nitrogens is 3. The Hall–Kier alpha value is -1.68. The number of pyridine rings is 1. The molecule has 4 nitrogen and oxygen atoms in total. The van der Waals surface area contributed by atoms with E-state index in [0.29, 0.717) is 0 Å². The molecule has 2 N–H and O–H groups in total. The van der Waals surface area contributed by atoms with E-state index < -0.39 is 0 Å². The van der Waals surface area contributed by atoms with Gasteiger partial charge in [0, 0.05) is 37.2 Å². The molecule has 0 saturated carbocycles. The Kier molecular flexibility index (Phi) is 3.01. The van der Waals surface area contributed by atoms with Crippen molar-refractivity contribution in [2.24, 2.45) is 12.8 Å². The van der Waals surface area contributed by atoms with Crippen molar-refractivity contribution >= 4 is 0 Å². The van der Waals surface area contributed by atoms with Gasteiger partial charge < -0.3 is 5.73 Å². The van der Waals surface area contributed by atoms with Gasteiger partial charge in [-0.2, -0.15) is 5.10 Å². The van der Waals surface area contributed by atoms with E-state index in [1.807, 2.05) is 38.5 Å². The highest BCUT2D eigenvalue weighted by Crippen LogP contribution is 2.17. The molecule has 84 valence electrons. The van der Waals surface area contributed by atoms with Crippen LogP contribution in [0, 0.1) is 6.92 Å². The van der Waals surface area contributed by atoms with Crippen LogP contribution in [0.1, 0.15) is 22.9 Å². The summed E-state index contributed by atoms with van der Waals surface area (Å²) in [5, 5.41) is 4.29. The van der Waals surface area contributed by atoms with E-state index in [0.717, 1.165) is 23.2 Å². The zero-order valence-electron chi connectivity index (χ0n) is 9.59. The summed E-state index contributed by atoms with van der Waals surface area (Å²) in [6, 6.07) is 3.95. The van der Waals surface area contributed by atoms with Gasteiger partial charge in [0.05, 0.1) is 5.69 Å². The average Bonchev–Trinajstić information content (AvgIpc) is 2.59. The summed E-state index contributed by atoms with van der Waals surface area (Å²) in [7, 11) is 1.91. The first-order valence-corrected chi connectivity index (χ1v) is 5.31. The molecule has 1 unspecified atom stereocenters. The fourth-order valence-corrected chi connectivity index (χ4v) is 1.86. The average molecular weight is 216 g/mol. The fourth-order valence-electron chi connectivity index (χ4n) is 1.86. The molecule has 0 aliphatic carbocycles. The molecule has 2 aromatic heterocycles. The third kappa shape index (κ3) is 2.28. The molecular formula is C12H16N4. The number of hydrogen-bond acceptors (Lipinski definition) is 3. The van der Waals surface area contributed by atoms with E-state index in [-0.39, 0.29) is 6.04 Å². The predicted octanol–water partition coefficient (Wildman–Crippen LogP) is 1.37. The number of aryl methyl sites for hydroxylation is 2. The van der Waals surface area contributed by atoms with Crippen molar-refractivity contribution in [3.8, 4) is 0 Å². The summed E-state index contributed by atoms with van der Waals surface area (Å²) >= 11 is 0. The standard InChI is InChI=1S/C12H16N4/c1-9-11(8-16(2)15-9)12(13)6-10-4-3-5-14-7-10/h3-5,7-8,12H,6,13H2,1-2H3. The predicted molar refractivity (Wildman–Crippen MR) is 62.8 cm³/mol. The van der Waals surface area contributed by atoms with E-state index in [2.05, 4.69) is 10.1 Å². The van der Waals surface area contributed by atoms with E-state index in [1.165, 1.54) is 0 Å². The van der Waals surface area contributed by atoms with Crippen LogP contribution in [0.15, 0.2) is 30.7 Å². The lowest BCUT2D eigenvalue weighted by atomic mass is 10.0. The van der Waals surface area contributed by atoms with Gasteiger partial charge in [-0.15, -0.1) is 0 Å². The SMILES string of the molecule is Cc1nn(C)cc1C(N)Cc1cccnc1. The topological polar surface area (TPSA) is 56.7 Å². The van der Waals surface area contributed by atoms with Gasteiger partial charge in [0.2, 0.25) is 0 Å². The van der Waals surface area contributed by atoms with Crippen LogP contribution < -0.4 is 5.73 Å². The minimum Gasteiger partial charge on any atom is -0.324 e. The number of hydrogen-bond donors (Lipinski definition) is 1. The monoisotopic (exact) mass is 216 g/mol. The van der Waals surface area contributed by atoms with Crippen LogP contribution in [-0.2, 0) is 13.5 Å². The van der Waals surface area contributed by atoms with E-state index in [4.69, 9.17) is 5.73 Å². The zero-order chi connectivity index (χ0) is 11.5. The highest BCUT2D eigenvalue weighted by Gasteiger charge is 2.12. The smallest absolute Gasteiger partial charge is 0.0641 e. The molecule has 0 fully saturated rings. The Labute approximate surface area is 95.1 Å². The summed E-state index contributed by atoms with van der Waals surface area (Å²) in [5.41, 5.74) is 9.41. The van der Waals surface area contributed by atoms with Crippen LogP contribution in [0.5, 0.6) is 0 Å². The van der Waals surface area contributed by atoms with Crippen molar-refractivity contribution in [3.05, 3.63) is 47.5 Å². The Bertz CT molecular complexity index is 461. The molecular weight excluding hydrogens is 200 g/mol. The third-order valence-electron chi connectivity index (χ3n) is 2.63. The van der Waals surface area contributed by atoms with Crippen LogP contribution in [0.25, 0.3) is 0 Å². The Morgan fingerprint density at radius 1 is 1.50 bits per heavy atom. The first-order valence-electron chi connectivity index (χ1n) is 5.31. The minimum atomic E-state index is -0.0158. The second-order valence-corrected chi connectivity index (χ2v) is 4.02. The lowest BCUT2D eigenvalue weighted by Crippen LogP contribution is -2.13. The maximum Gasteiger partial charge on any atom is 0.0641 e. The van der Waals surface area contributed by atoms with E-state index >= 15 is 0 Å². The lowest BCUT2D eigenvalue weighted by molar-refractivity contribution is 0.713. The van der Waals surface area contributed by atoms with Crippen LogP contribution in [0.3, 0.4) is 0 Å². The molecule has 0 bridgehead atoms. The van der Waals surface area contributed by atoms with Crippen LogP contribution >= 0.6 is 0 Å². The van der Waals surface area contributed by atoms with Crippen LogP contribution in [0.4, 0.5) is 0 Å². The van der Waals surface area contributed by atoms with Crippen molar-refractivity contribution in [3.63, 3.8) is 0 Å². The largest absolute Gasteiger partial charge is 0.324 e. The molecule has 16 heavy (non-hydrogen) atoms. The van der Waals surface area contributed by atoms with Crippen LogP contribution in [-0.4, -0.2) is 14.8 Å². The van der Waals surface area contributed by atoms with Crippen molar-refractivity contribution in [1.29, 1.82) is 0 Å². The molecule has 0 radical (unpaired) electrons. The molecule has 0 aliphatic heterocycles. The van der Waals surface area contributed by atoms with Crippen LogP contribution in [0.2, 0.25) is 0 Å². The maximum atomic E-state index is 6.16. The summed E-state index contributed by atoms with van der Waals surface area (Å²) in [4.78, 5) is 4.08. The summed E-state index contributed by atoms with van der Waals surface area (Å²) in [5.74, 6) is 0. The second-order valence-electron chi connectivity index (χ2n) is 4.02. The van der Waals surface area contributed by atoms with Gasteiger partial charge in [0.1, 0.15) is 0 Å². The first-order chi connectivity index (χ1) is 7.66. The number of nitrogens with two attached hydrogens (primary N) is 1. The lowest BCUT2D eigenvalue weighted by Gasteiger charge is -2.10. The van der Waals surface area contributed by atoms with Gasteiger partial charge in [-0.1, -0.05) is 6.07 Å². The Balaban J connectivity index is 2.14. The number of rotatable bonds is 3. The van der Waals surface area contributed by atoms with Crippen molar-refractivity contribution in [2.75, 3.05) is 0 Å². The molecule has 2 aromatic rings. The molecule has 0 aliphatic rings. The molecule has 1 atom stereocenters. The molecule has 4 heteroatoms. The van der Waals surface area contributed by atoms with Crippen molar-refractivity contribution in [2.45, 2.75) is 19.4 Å². The Morgan fingerprint density at radius 2 is 2.31 bits per heavy atom. The molecule has 2 heterocycles. The quantitative estimate of drug-likeness (QED) is 0.843. The first kappa shape index (κ1) is 10.8. The highest BCUT2D eigenvalue weighted by molar-refractivity contribution is 5.22. The van der Waals surface area contributed by atoms with Crippen molar-refractivity contribution in [1.82, 2.24) is 14.8 Å². The highest BCUT2D eigenvalue weighted by atomic mass is 15.2. The van der Waals surface area contributed by atoms with E-state index in [1.54, 1.807) is 10.9 Å². The molecule has 0 aromatic carbocycles. The minimum absolute atomic E-state index is 0.0158. The Morgan fingerprint density at radius 3 is 2.88 bits per heavy atom. The summed E-state index contributed by atoms with van der Waals surface area (Å²) < 4.78 is 1.80. The van der Waals surface area contributed by atoms with Gasteiger partial charge in [-0.3, -0.25) is 9.67 Å². The molecule has 2 rings (SSSR count). The molecule has 0 amide bonds. The molecule has 0 spiro atoms. The summed E-state index contributed by atoms with van der Waals surface area (Å²) in [6.45, 7) is 1.98. The van der Waals surface area contributed by atoms with Gasteiger partial charge in [-0.05, 0) is 25.0 Å². The third-order valence-corrected chi connectivity index (χ3v) is 2.63. The normalized spacial score (nSPS) is 12.7. The van der Waals surface area contributed by atoms with Gasteiger partial charge in [0.15, 0.2) is 0 Å². The second kappa shape index (κ2) is 4.45. The van der Waals surface area contributed by atoms with Crippen molar-refractivity contribution < 1.29 is 0 Å². The molecule has 0 saturated heterocycles. The van der Waals surface area contributed by atoms with Gasteiger partial charge in [-0.25, -0.2) is 0 Å². The van der Waals surface area contributed by atoms with Gasteiger partial charge >= 0.3 is 0 Å². The number of nitrogens with zero attached hydrogens (tertiary/aromatic N) is 3.